The number of halogens is 2. The fourth-order valence-electron chi connectivity index (χ4n) is 3.01. The van der Waals surface area contributed by atoms with Gasteiger partial charge in [-0.1, -0.05) is 13.8 Å². The van der Waals surface area contributed by atoms with E-state index in [9.17, 15) is 18.8 Å². The average Bonchev–Trinajstić information content (AvgIpc) is 2.62. The molecular formula is C21H24F2N2O4. The summed E-state index contributed by atoms with van der Waals surface area (Å²) < 4.78 is 44.8. The molecule has 0 spiro atoms. The molecule has 0 aromatic heterocycles. The number of nitrogens with zero attached hydrogens (tertiary/aromatic N) is 1. The molecule has 1 aromatic carbocycles. The Kier molecular flexibility index (Phi) is 7.21. The zero-order chi connectivity index (χ0) is 21.7. The first-order chi connectivity index (χ1) is 13.7. The third-order valence-electron chi connectivity index (χ3n) is 4.39. The molecule has 0 saturated carbocycles. The SMILES string of the molecule is CCOC(=O)C1=C(C)OC(N)=C(C#N)C1c1cc(F)cc(F)c1OCCC(C)C. The summed E-state index contributed by atoms with van der Waals surface area (Å²) in [6.45, 7) is 7.28. The number of ether oxygens (including phenoxy) is 3. The van der Waals surface area contributed by atoms with E-state index in [0.29, 0.717) is 18.4 Å². The van der Waals surface area contributed by atoms with Crippen molar-refractivity contribution in [3.63, 3.8) is 0 Å². The highest BCUT2D eigenvalue weighted by molar-refractivity contribution is 5.92. The summed E-state index contributed by atoms with van der Waals surface area (Å²) in [6.07, 6.45) is 0.632. The van der Waals surface area contributed by atoms with Crippen molar-refractivity contribution in [2.24, 2.45) is 11.7 Å². The van der Waals surface area contributed by atoms with E-state index < -0.39 is 23.5 Å². The highest BCUT2D eigenvalue weighted by atomic mass is 19.1. The first-order valence-corrected chi connectivity index (χ1v) is 9.28. The molecule has 0 bridgehead atoms. The maximum absolute atomic E-state index is 14.6. The van der Waals surface area contributed by atoms with Gasteiger partial charge in [-0.05, 0) is 32.3 Å². The summed E-state index contributed by atoms with van der Waals surface area (Å²) in [4.78, 5) is 12.6. The van der Waals surface area contributed by atoms with Crippen LogP contribution in [0.25, 0.3) is 0 Å². The highest BCUT2D eigenvalue weighted by Gasteiger charge is 2.39. The van der Waals surface area contributed by atoms with Gasteiger partial charge in [-0.15, -0.1) is 0 Å². The largest absolute Gasteiger partial charge is 0.490 e. The molecule has 1 aliphatic heterocycles. The van der Waals surface area contributed by atoms with Gasteiger partial charge in [0.15, 0.2) is 11.6 Å². The minimum absolute atomic E-state index is 0.0311. The van der Waals surface area contributed by atoms with Gasteiger partial charge in [-0.3, -0.25) is 0 Å². The van der Waals surface area contributed by atoms with Crippen LogP contribution in [-0.4, -0.2) is 19.2 Å². The van der Waals surface area contributed by atoms with E-state index in [4.69, 9.17) is 19.9 Å². The van der Waals surface area contributed by atoms with Crippen molar-refractivity contribution in [1.82, 2.24) is 0 Å². The second-order valence-corrected chi connectivity index (χ2v) is 6.95. The lowest BCUT2D eigenvalue weighted by Gasteiger charge is -2.28. The van der Waals surface area contributed by atoms with Crippen molar-refractivity contribution in [2.45, 2.75) is 40.0 Å². The third kappa shape index (κ3) is 4.86. The van der Waals surface area contributed by atoms with Crippen LogP contribution in [0, 0.1) is 28.9 Å². The minimum Gasteiger partial charge on any atom is -0.490 e. The third-order valence-corrected chi connectivity index (χ3v) is 4.39. The fourth-order valence-corrected chi connectivity index (χ4v) is 3.01. The van der Waals surface area contributed by atoms with Crippen molar-refractivity contribution in [3.05, 3.63) is 52.1 Å². The Hall–Kier alpha value is -3.08. The summed E-state index contributed by atoms with van der Waals surface area (Å²) in [5.41, 5.74) is 5.59. The van der Waals surface area contributed by atoms with Gasteiger partial charge in [0.2, 0.25) is 5.88 Å². The van der Waals surface area contributed by atoms with Crippen LogP contribution in [0.15, 0.2) is 34.9 Å². The van der Waals surface area contributed by atoms with Gasteiger partial charge in [-0.25, -0.2) is 13.6 Å². The maximum Gasteiger partial charge on any atom is 0.338 e. The fraction of sp³-hybridized carbons (Fsp3) is 0.429. The Balaban J connectivity index is 2.67. The van der Waals surface area contributed by atoms with Crippen LogP contribution in [0.4, 0.5) is 8.78 Å². The van der Waals surface area contributed by atoms with Gasteiger partial charge in [0.05, 0.1) is 24.7 Å². The lowest BCUT2D eigenvalue weighted by molar-refractivity contribution is -0.139. The van der Waals surface area contributed by atoms with Crippen molar-refractivity contribution in [3.8, 4) is 11.8 Å². The summed E-state index contributed by atoms with van der Waals surface area (Å²) in [5, 5.41) is 9.62. The van der Waals surface area contributed by atoms with Crippen LogP contribution in [0.5, 0.6) is 5.75 Å². The number of benzene rings is 1. The molecule has 2 rings (SSSR count). The van der Waals surface area contributed by atoms with E-state index in [2.05, 4.69) is 0 Å². The van der Waals surface area contributed by atoms with Crippen molar-refractivity contribution in [1.29, 1.82) is 5.26 Å². The molecule has 1 aliphatic rings. The van der Waals surface area contributed by atoms with Crippen molar-refractivity contribution < 1.29 is 27.8 Å². The summed E-state index contributed by atoms with van der Waals surface area (Å²) in [5.74, 6) is -3.88. The molecule has 29 heavy (non-hydrogen) atoms. The van der Waals surface area contributed by atoms with E-state index in [-0.39, 0.29) is 47.3 Å². The Bertz CT molecular complexity index is 901. The first-order valence-electron chi connectivity index (χ1n) is 9.28. The van der Waals surface area contributed by atoms with Crippen molar-refractivity contribution >= 4 is 5.97 Å². The number of carbonyl (C=O) groups excluding carboxylic acids is 1. The normalized spacial score (nSPS) is 16.6. The van der Waals surface area contributed by atoms with Gasteiger partial charge < -0.3 is 19.9 Å². The predicted molar refractivity (Wildman–Crippen MR) is 101 cm³/mol. The molecule has 8 heteroatoms. The number of esters is 1. The zero-order valence-electron chi connectivity index (χ0n) is 16.8. The molecule has 1 aromatic rings. The molecule has 6 nitrogen and oxygen atoms in total. The van der Waals surface area contributed by atoms with Gasteiger partial charge in [0, 0.05) is 11.6 Å². The number of hydrogen-bond donors (Lipinski definition) is 1. The number of carbonyl (C=O) groups is 1. The number of allylic oxidation sites excluding steroid dienone is 2. The number of hydrogen-bond acceptors (Lipinski definition) is 6. The quantitative estimate of drug-likeness (QED) is 0.687. The topological polar surface area (TPSA) is 94.6 Å². The van der Waals surface area contributed by atoms with Gasteiger partial charge in [0.25, 0.3) is 0 Å². The van der Waals surface area contributed by atoms with E-state index in [1.807, 2.05) is 19.9 Å². The number of rotatable bonds is 7. The van der Waals surface area contributed by atoms with Crippen LogP contribution in [0.2, 0.25) is 0 Å². The monoisotopic (exact) mass is 406 g/mol. The van der Waals surface area contributed by atoms with E-state index in [0.717, 1.165) is 6.07 Å². The molecule has 0 amide bonds. The minimum atomic E-state index is -1.19. The van der Waals surface area contributed by atoms with Crippen LogP contribution in [-0.2, 0) is 14.3 Å². The summed E-state index contributed by atoms with van der Waals surface area (Å²) >= 11 is 0. The average molecular weight is 406 g/mol. The lowest BCUT2D eigenvalue weighted by atomic mass is 9.82. The Morgan fingerprint density at radius 1 is 1.38 bits per heavy atom. The summed E-state index contributed by atoms with van der Waals surface area (Å²) in [7, 11) is 0. The van der Waals surface area contributed by atoms with Crippen LogP contribution in [0.1, 0.15) is 45.6 Å². The number of nitrogens with two attached hydrogens (primary N) is 1. The van der Waals surface area contributed by atoms with E-state index in [1.165, 1.54) is 6.92 Å². The smallest absolute Gasteiger partial charge is 0.338 e. The van der Waals surface area contributed by atoms with Crippen molar-refractivity contribution in [2.75, 3.05) is 13.2 Å². The molecular weight excluding hydrogens is 382 g/mol. The standard InChI is InChI=1S/C21H24F2N2O4/c1-5-27-21(26)17-12(4)29-20(25)15(10-24)18(17)14-8-13(22)9-16(23)19(14)28-7-6-11(2)3/h8-9,11,18H,5-7,25H2,1-4H3. The molecule has 0 aliphatic carbocycles. The Morgan fingerprint density at radius 3 is 2.66 bits per heavy atom. The molecule has 2 N–H and O–H groups in total. The predicted octanol–water partition coefficient (Wildman–Crippen LogP) is 4.03. The first kappa shape index (κ1) is 22.2. The Labute approximate surface area is 168 Å². The lowest BCUT2D eigenvalue weighted by Crippen LogP contribution is -2.26. The highest BCUT2D eigenvalue weighted by Crippen LogP contribution is 2.44. The molecule has 1 heterocycles. The number of nitriles is 1. The molecule has 0 saturated heterocycles. The van der Waals surface area contributed by atoms with Gasteiger partial charge >= 0.3 is 5.97 Å². The molecule has 1 atom stereocenters. The van der Waals surface area contributed by atoms with Gasteiger partial charge in [-0.2, -0.15) is 5.26 Å². The van der Waals surface area contributed by atoms with Crippen LogP contribution in [0.3, 0.4) is 0 Å². The van der Waals surface area contributed by atoms with E-state index in [1.54, 1.807) is 6.92 Å². The summed E-state index contributed by atoms with van der Waals surface area (Å²) in [6, 6.07) is 3.59. The molecule has 0 fully saturated rings. The molecule has 156 valence electrons. The van der Waals surface area contributed by atoms with Crippen LogP contribution < -0.4 is 10.5 Å². The van der Waals surface area contributed by atoms with Gasteiger partial charge in [0.1, 0.15) is 23.2 Å². The molecule has 1 unspecified atom stereocenters. The van der Waals surface area contributed by atoms with E-state index >= 15 is 0 Å². The Morgan fingerprint density at radius 2 is 2.07 bits per heavy atom. The zero-order valence-corrected chi connectivity index (χ0v) is 16.8. The second kappa shape index (κ2) is 9.41. The maximum atomic E-state index is 14.6. The van der Waals surface area contributed by atoms with Crippen LogP contribution >= 0.6 is 0 Å². The second-order valence-electron chi connectivity index (χ2n) is 6.95. The molecule has 0 radical (unpaired) electrons.